The van der Waals surface area contributed by atoms with Crippen LogP contribution >= 0.6 is 0 Å². The number of nitrogens with zero attached hydrogens (tertiary/aromatic N) is 2. The molecule has 1 aromatic carbocycles. The minimum absolute atomic E-state index is 0.178. The molecule has 0 fully saturated rings. The zero-order chi connectivity index (χ0) is 13.0. The van der Waals surface area contributed by atoms with Crippen LogP contribution in [-0.4, -0.2) is 9.55 Å². The third-order valence-electron chi connectivity index (χ3n) is 3.71. The monoisotopic (exact) mass is 230 g/mol. The van der Waals surface area contributed by atoms with Crippen LogP contribution in [0.2, 0.25) is 0 Å². The van der Waals surface area contributed by atoms with Crippen LogP contribution in [0.5, 0.6) is 0 Å². The van der Waals surface area contributed by atoms with E-state index in [1.54, 1.807) is 0 Å². The molecule has 0 unspecified atom stereocenters. The smallest absolute Gasteiger partial charge is 0.0955 e. The molecule has 0 saturated heterocycles. The summed E-state index contributed by atoms with van der Waals surface area (Å²) in [5.74, 6) is 0. The van der Waals surface area contributed by atoms with E-state index in [0.29, 0.717) is 0 Å². The highest BCUT2D eigenvalue weighted by atomic mass is 15.0. The lowest BCUT2D eigenvalue weighted by atomic mass is 9.79. The lowest BCUT2D eigenvalue weighted by Gasteiger charge is -2.26. The van der Waals surface area contributed by atoms with E-state index in [2.05, 4.69) is 58.1 Å². The highest BCUT2D eigenvalue weighted by Crippen LogP contribution is 2.35. The number of imidazole rings is 1. The summed E-state index contributed by atoms with van der Waals surface area (Å²) in [5, 5.41) is 0. The van der Waals surface area contributed by atoms with Gasteiger partial charge in [0.05, 0.1) is 17.4 Å². The Balaban J connectivity index is 3.00. The van der Waals surface area contributed by atoms with Gasteiger partial charge in [-0.3, -0.25) is 0 Å². The Labute approximate surface area is 104 Å². The molecule has 0 spiro atoms. The number of aromatic nitrogens is 2. The fourth-order valence-corrected chi connectivity index (χ4v) is 3.04. The predicted octanol–water partition coefficient (Wildman–Crippen LogP) is 3.80. The maximum Gasteiger partial charge on any atom is 0.0955 e. The number of hydrogen-bond donors (Lipinski definition) is 0. The molecule has 0 radical (unpaired) electrons. The average Bonchev–Trinajstić information content (AvgIpc) is 2.55. The minimum Gasteiger partial charge on any atom is -0.333 e. The molecular formula is C15H22N2. The average molecular weight is 230 g/mol. The molecule has 2 nitrogen and oxygen atoms in total. The van der Waals surface area contributed by atoms with Crippen LogP contribution in [0.1, 0.15) is 43.0 Å². The molecule has 0 amide bonds. The third kappa shape index (κ3) is 1.67. The number of fused-ring (bicyclic) bond motifs is 1. The van der Waals surface area contributed by atoms with Gasteiger partial charge in [0.25, 0.3) is 0 Å². The van der Waals surface area contributed by atoms with Crippen LogP contribution in [0.3, 0.4) is 0 Å². The van der Waals surface area contributed by atoms with Crippen molar-refractivity contribution >= 4 is 11.0 Å². The van der Waals surface area contributed by atoms with Gasteiger partial charge in [-0.05, 0) is 48.4 Å². The van der Waals surface area contributed by atoms with E-state index in [-0.39, 0.29) is 5.41 Å². The van der Waals surface area contributed by atoms with Gasteiger partial charge in [0.1, 0.15) is 0 Å². The maximum absolute atomic E-state index is 4.53. The summed E-state index contributed by atoms with van der Waals surface area (Å²) in [5.41, 5.74) is 8.14. The Morgan fingerprint density at radius 2 is 1.59 bits per heavy atom. The van der Waals surface area contributed by atoms with Gasteiger partial charge >= 0.3 is 0 Å². The van der Waals surface area contributed by atoms with Crippen LogP contribution in [-0.2, 0) is 12.5 Å². The molecule has 2 rings (SSSR count). The summed E-state index contributed by atoms with van der Waals surface area (Å²) in [6, 6.07) is 0. The Kier molecular flexibility index (Phi) is 2.57. The van der Waals surface area contributed by atoms with Crippen LogP contribution in [0, 0.1) is 20.8 Å². The van der Waals surface area contributed by atoms with E-state index in [1.807, 2.05) is 6.33 Å². The number of hydrogen-bond acceptors (Lipinski definition) is 1. The first-order chi connectivity index (χ1) is 7.75. The Morgan fingerprint density at radius 1 is 1.00 bits per heavy atom. The summed E-state index contributed by atoms with van der Waals surface area (Å²) in [7, 11) is 2.07. The van der Waals surface area contributed by atoms with Crippen molar-refractivity contribution in [2.24, 2.45) is 7.05 Å². The lowest BCUT2D eigenvalue weighted by molar-refractivity contribution is 0.582. The summed E-state index contributed by atoms with van der Waals surface area (Å²) in [6.07, 6.45) is 1.91. The second-order valence-electron chi connectivity index (χ2n) is 6.05. The molecule has 92 valence electrons. The van der Waals surface area contributed by atoms with Gasteiger partial charge in [-0.2, -0.15) is 0 Å². The van der Waals surface area contributed by atoms with Gasteiger partial charge in [0.2, 0.25) is 0 Å². The predicted molar refractivity (Wildman–Crippen MR) is 73.6 cm³/mol. The number of aryl methyl sites for hydroxylation is 3. The number of rotatable bonds is 0. The quantitative estimate of drug-likeness (QED) is 0.673. The topological polar surface area (TPSA) is 17.8 Å². The molecule has 0 saturated carbocycles. The van der Waals surface area contributed by atoms with Crippen LogP contribution < -0.4 is 0 Å². The Bertz CT molecular complexity index is 583. The van der Waals surface area contributed by atoms with Gasteiger partial charge < -0.3 is 4.57 Å². The first-order valence-corrected chi connectivity index (χ1v) is 6.16. The van der Waals surface area contributed by atoms with Gasteiger partial charge in [0.15, 0.2) is 0 Å². The lowest BCUT2D eigenvalue weighted by Crippen LogP contribution is -2.16. The second kappa shape index (κ2) is 3.59. The van der Waals surface area contributed by atoms with Crippen molar-refractivity contribution in [1.29, 1.82) is 0 Å². The maximum atomic E-state index is 4.53. The van der Waals surface area contributed by atoms with Crippen molar-refractivity contribution in [3.05, 3.63) is 28.6 Å². The summed E-state index contributed by atoms with van der Waals surface area (Å²) < 4.78 is 2.13. The summed E-state index contributed by atoms with van der Waals surface area (Å²) in [4.78, 5) is 4.53. The standard InChI is InChI=1S/C15H22N2/c1-9-10(2)13-14(17(7)8-16-13)11(3)12(9)15(4,5)6/h8H,1-7H3. The van der Waals surface area contributed by atoms with Crippen molar-refractivity contribution in [2.45, 2.75) is 47.0 Å². The summed E-state index contributed by atoms with van der Waals surface area (Å²) >= 11 is 0. The van der Waals surface area contributed by atoms with Gasteiger partial charge in [-0.1, -0.05) is 20.8 Å². The molecule has 0 atom stereocenters. The van der Waals surface area contributed by atoms with Crippen molar-refractivity contribution in [2.75, 3.05) is 0 Å². The van der Waals surface area contributed by atoms with Gasteiger partial charge in [0, 0.05) is 7.05 Å². The molecular weight excluding hydrogens is 208 g/mol. The van der Waals surface area contributed by atoms with E-state index in [4.69, 9.17) is 0 Å². The van der Waals surface area contributed by atoms with Crippen LogP contribution in [0.15, 0.2) is 6.33 Å². The number of benzene rings is 1. The molecule has 0 aliphatic carbocycles. The molecule has 0 bridgehead atoms. The van der Waals surface area contributed by atoms with Crippen molar-refractivity contribution in [1.82, 2.24) is 9.55 Å². The fraction of sp³-hybridized carbons (Fsp3) is 0.533. The van der Waals surface area contributed by atoms with E-state index in [1.165, 1.54) is 27.8 Å². The fourth-order valence-electron chi connectivity index (χ4n) is 3.04. The molecule has 0 aliphatic rings. The van der Waals surface area contributed by atoms with Crippen LogP contribution in [0.25, 0.3) is 11.0 Å². The first kappa shape index (κ1) is 12.2. The molecule has 2 aromatic rings. The minimum atomic E-state index is 0.178. The SMILES string of the molecule is Cc1c(C(C)(C)C)c(C)c2c(ncn2C)c1C. The summed E-state index contributed by atoms with van der Waals surface area (Å²) in [6.45, 7) is 13.5. The van der Waals surface area contributed by atoms with Crippen molar-refractivity contribution in [3.63, 3.8) is 0 Å². The second-order valence-corrected chi connectivity index (χ2v) is 6.05. The van der Waals surface area contributed by atoms with Gasteiger partial charge in [-0.25, -0.2) is 4.98 Å². The normalized spacial score (nSPS) is 12.4. The van der Waals surface area contributed by atoms with Crippen LogP contribution in [0.4, 0.5) is 0 Å². The zero-order valence-electron chi connectivity index (χ0n) is 12.0. The molecule has 1 aromatic heterocycles. The van der Waals surface area contributed by atoms with E-state index in [0.717, 1.165) is 5.52 Å². The molecule has 1 heterocycles. The Hall–Kier alpha value is -1.31. The first-order valence-electron chi connectivity index (χ1n) is 6.16. The molecule has 17 heavy (non-hydrogen) atoms. The van der Waals surface area contributed by atoms with Crippen molar-refractivity contribution < 1.29 is 0 Å². The Morgan fingerprint density at radius 3 is 2.12 bits per heavy atom. The molecule has 2 heteroatoms. The van der Waals surface area contributed by atoms with Gasteiger partial charge in [-0.15, -0.1) is 0 Å². The van der Waals surface area contributed by atoms with E-state index >= 15 is 0 Å². The zero-order valence-corrected chi connectivity index (χ0v) is 12.0. The highest BCUT2D eigenvalue weighted by molar-refractivity contribution is 5.85. The molecule has 0 aliphatic heterocycles. The largest absolute Gasteiger partial charge is 0.333 e. The highest BCUT2D eigenvalue weighted by Gasteiger charge is 2.23. The third-order valence-corrected chi connectivity index (χ3v) is 3.71. The van der Waals surface area contributed by atoms with Crippen molar-refractivity contribution in [3.8, 4) is 0 Å². The van der Waals surface area contributed by atoms with E-state index in [9.17, 15) is 0 Å². The van der Waals surface area contributed by atoms with E-state index < -0.39 is 0 Å². The molecule has 0 N–H and O–H groups in total.